The summed E-state index contributed by atoms with van der Waals surface area (Å²) in [7, 11) is 3.22. The molecule has 1 aromatic heterocycles. The number of ether oxygens (including phenoxy) is 3. The fraction of sp³-hybridized carbons (Fsp3) is 0.391. The number of hydrogen-bond acceptors (Lipinski definition) is 5. The molecule has 0 aliphatic heterocycles. The van der Waals surface area contributed by atoms with Crippen molar-refractivity contribution in [2.45, 2.75) is 39.7 Å². The highest BCUT2D eigenvalue weighted by Crippen LogP contribution is 2.33. The number of aryl methyl sites for hydroxylation is 1. The summed E-state index contributed by atoms with van der Waals surface area (Å²) in [5.41, 5.74) is 1.47. The fourth-order valence-corrected chi connectivity index (χ4v) is 4.30. The van der Waals surface area contributed by atoms with Gasteiger partial charge in [-0.25, -0.2) is 0 Å². The molecule has 0 saturated carbocycles. The average molecular weight is 429 g/mol. The number of carbonyl (C=O) groups is 1. The van der Waals surface area contributed by atoms with E-state index in [0.29, 0.717) is 40.8 Å². The molecule has 3 rings (SSSR count). The lowest BCUT2D eigenvalue weighted by Crippen LogP contribution is -2.16. The molecule has 0 unspecified atom stereocenters. The summed E-state index contributed by atoms with van der Waals surface area (Å²) in [5.74, 6) is 1.71. The Labute approximate surface area is 180 Å². The molecule has 2 aromatic carbocycles. The Morgan fingerprint density at radius 2 is 1.83 bits per heavy atom. The zero-order valence-corrected chi connectivity index (χ0v) is 18.8. The molecular weight excluding hydrogens is 400 g/mol. The monoisotopic (exact) mass is 428 g/mol. The van der Waals surface area contributed by atoms with E-state index in [9.17, 15) is 4.79 Å². The van der Waals surface area contributed by atoms with Crippen molar-refractivity contribution in [1.29, 1.82) is 0 Å². The van der Waals surface area contributed by atoms with Crippen molar-refractivity contribution in [3.8, 4) is 17.2 Å². The van der Waals surface area contributed by atoms with Gasteiger partial charge in [-0.1, -0.05) is 37.2 Å². The second-order valence-electron chi connectivity index (χ2n) is 6.80. The van der Waals surface area contributed by atoms with Crippen LogP contribution in [-0.2, 0) is 6.54 Å². The summed E-state index contributed by atoms with van der Waals surface area (Å²) in [6, 6.07) is 11.1. The van der Waals surface area contributed by atoms with E-state index in [1.165, 1.54) is 11.3 Å². The molecule has 0 saturated heterocycles. The number of rotatable bonds is 9. The molecule has 0 N–H and O–H groups in total. The standard InChI is InChI=1S/C23H28N2O4S/c1-5-7-8-12-29-17-11-9-10-16(13-17)22(26)24-23-25(6-2)18-14-19(27-3)20(28-4)15-21(18)30-23/h9-11,13-15H,5-8,12H2,1-4H3. The van der Waals surface area contributed by atoms with E-state index < -0.39 is 0 Å². The minimum Gasteiger partial charge on any atom is -0.494 e. The number of methoxy groups -OCH3 is 2. The minimum absolute atomic E-state index is 0.290. The highest BCUT2D eigenvalue weighted by atomic mass is 32.1. The molecule has 1 heterocycles. The molecule has 0 bridgehead atoms. The van der Waals surface area contributed by atoms with Gasteiger partial charge in [-0.15, -0.1) is 0 Å². The summed E-state index contributed by atoms with van der Waals surface area (Å²) in [6.45, 7) is 5.52. The van der Waals surface area contributed by atoms with Gasteiger partial charge >= 0.3 is 0 Å². The van der Waals surface area contributed by atoms with Crippen molar-refractivity contribution in [3.63, 3.8) is 0 Å². The number of aromatic nitrogens is 1. The van der Waals surface area contributed by atoms with Crippen LogP contribution >= 0.6 is 11.3 Å². The Kier molecular flexibility index (Phi) is 7.52. The first kappa shape index (κ1) is 21.9. The van der Waals surface area contributed by atoms with Gasteiger partial charge in [0.25, 0.3) is 5.91 Å². The zero-order valence-electron chi connectivity index (χ0n) is 17.9. The Bertz CT molecular complexity index is 1080. The van der Waals surface area contributed by atoms with Crippen LogP contribution in [0.4, 0.5) is 0 Å². The van der Waals surface area contributed by atoms with Crippen molar-refractivity contribution >= 4 is 27.5 Å². The SMILES string of the molecule is CCCCCOc1cccc(C(=O)N=c2sc3cc(OC)c(OC)cc3n2CC)c1. The van der Waals surface area contributed by atoms with Gasteiger partial charge in [0.05, 0.1) is 31.0 Å². The average Bonchev–Trinajstić information content (AvgIpc) is 3.11. The lowest BCUT2D eigenvalue weighted by atomic mass is 10.2. The molecule has 0 spiro atoms. The minimum atomic E-state index is -0.290. The third-order valence-corrected chi connectivity index (χ3v) is 5.84. The number of fused-ring (bicyclic) bond motifs is 1. The molecule has 7 heteroatoms. The van der Waals surface area contributed by atoms with Gasteiger partial charge in [-0.3, -0.25) is 4.79 Å². The van der Waals surface area contributed by atoms with Crippen molar-refractivity contribution < 1.29 is 19.0 Å². The lowest BCUT2D eigenvalue weighted by molar-refractivity contribution is 0.0997. The molecule has 0 fully saturated rings. The molecule has 3 aromatic rings. The quantitative estimate of drug-likeness (QED) is 0.448. The van der Waals surface area contributed by atoms with E-state index in [1.54, 1.807) is 26.4 Å². The van der Waals surface area contributed by atoms with Crippen LogP contribution in [0, 0.1) is 0 Å². The van der Waals surface area contributed by atoms with Crippen molar-refractivity contribution in [2.24, 2.45) is 4.99 Å². The van der Waals surface area contributed by atoms with Gasteiger partial charge in [-0.2, -0.15) is 4.99 Å². The molecule has 1 amide bonds. The van der Waals surface area contributed by atoms with Gasteiger partial charge < -0.3 is 18.8 Å². The van der Waals surface area contributed by atoms with Crippen molar-refractivity contribution in [3.05, 3.63) is 46.8 Å². The van der Waals surface area contributed by atoms with E-state index in [4.69, 9.17) is 14.2 Å². The molecule has 160 valence electrons. The molecule has 30 heavy (non-hydrogen) atoms. The topological polar surface area (TPSA) is 62.1 Å². The van der Waals surface area contributed by atoms with Crippen LogP contribution < -0.4 is 19.0 Å². The predicted octanol–water partition coefficient (Wildman–Crippen LogP) is 5.05. The third kappa shape index (κ3) is 4.84. The zero-order chi connectivity index (χ0) is 21.5. The van der Waals surface area contributed by atoms with Crippen LogP contribution in [0.25, 0.3) is 10.2 Å². The molecule has 0 atom stereocenters. The van der Waals surface area contributed by atoms with Gasteiger partial charge in [-0.05, 0) is 31.5 Å². The fourth-order valence-electron chi connectivity index (χ4n) is 3.20. The maximum atomic E-state index is 12.9. The Morgan fingerprint density at radius 3 is 2.53 bits per heavy atom. The van der Waals surface area contributed by atoms with Gasteiger partial charge in [0.1, 0.15) is 5.75 Å². The molecular formula is C23H28N2O4S. The Hall–Kier alpha value is -2.80. The number of nitrogens with zero attached hydrogens (tertiary/aromatic N) is 2. The molecule has 0 aliphatic rings. The summed E-state index contributed by atoms with van der Waals surface area (Å²) < 4.78 is 19.6. The van der Waals surface area contributed by atoms with Crippen LogP contribution in [0.1, 0.15) is 43.5 Å². The first-order chi connectivity index (χ1) is 14.6. The molecule has 0 radical (unpaired) electrons. The first-order valence-corrected chi connectivity index (χ1v) is 11.0. The highest BCUT2D eigenvalue weighted by molar-refractivity contribution is 7.16. The molecule has 6 nitrogen and oxygen atoms in total. The van der Waals surface area contributed by atoms with Crippen LogP contribution in [0.2, 0.25) is 0 Å². The van der Waals surface area contributed by atoms with E-state index in [2.05, 4.69) is 11.9 Å². The second kappa shape index (κ2) is 10.3. The van der Waals surface area contributed by atoms with E-state index >= 15 is 0 Å². The normalized spacial score (nSPS) is 11.7. The number of thiazole rings is 1. The number of carbonyl (C=O) groups excluding carboxylic acids is 1. The second-order valence-corrected chi connectivity index (χ2v) is 7.81. The lowest BCUT2D eigenvalue weighted by Gasteiger charge is -2.08. The maximum absolute atomic E-state index is 12.9. The molecule has 0 aliphatic carbocycles. The number of benzene rings is 2. The van der Waals surface area contributed by atoms with Crippen LogP contribution in [0.5, 0.6) is 17.2 Å². The van der Waals surface area contributed by atoms with E-state index in [0.717, 1.165) is 29.5 Å². The third-order valence-electron chi connectivity index (χ3n) is 4.80. The maximum Gasteiger partial charge on any atom is 0.279 e. The number of hydrogen-bond donors (Lipinski definition) is 0. The summed E-state index contributed by atoms with van der Waals surface area (Å²) in [4.78, 5) is 17.9. The van der Waals surface area contributed by atoms with Crippen molar-refractivity contribution in [2.75, 3.05) is 20.8 Å². The largest absolute Gasteiger partial charge is 0.494 e. The summed E-state index contributed by atoms with van der Waals surface area (Å²) in [5, 5.41) is 0. The predicted molar refractivity (Wildman–Crippen MR) is 120 cm³/mol. The van der Waals surface area contributed by atoms with Gasteiger partial charge in [0.15, 0.2) is 16.3 Å². The smallest absolute Gasteiger partial charge is 0.279 e. The summed E-state index contributed by atoms with van der Waals surface area (Å²) >= 11 is 1.45. The van der Waals surface area contributed by atoms with E-state index in [-0.39, 0.29) is 5.91 Å². The highest BCUT2D eigenvalue weighted by Gasteiger charge is 2.13. The van der Waals surface area contributed by atoms with Crippen molar-refractivity contribution in [1.82, 2.24) is 4.57 Å². The Morgan fingerprint density at radius 1 is 1.07 bits per heavy atom. The van der Waals surface area contributed by atoms with E-state index in [1.807, 2.05) is 35.8 Å². The van der Waals surface area contributed by atoms with Gasteiger partial charge in [0.2, 0.25) is 0 Å². The van der Waals surface area contributed by atoms with Crippen LogP contribution in [-0.4, -0.2) is 31.3 Å². The van der Waals surface area contributed by atoms with Crippen LogP contribution in [0.3, 0.4) is 0 Å². The number of amides is 1. The summed E-state index contributed by atoms with van der Waals surface area (Å²) in [6.07, 6.45) is 3.28. The first-order valence-electron chi connectivity index (χ1n) is 10.2. The Balaban J connectivity index is 1.93. The van der Waals surface area contributed by atoms with Crippen LogP contribution in [0.15, 0.2) is 41.4 Å². The number of unbranched alkanes of at least 4 members (excludes halogenated alkanes) is 2. The van der Waals surface area contributed by atoms with Gasteiger partial charge in [0, 0.05) is 24.2 Å².